The Hall–Kier alpha value is -2.45. The van der Waals surface area contributed by atoms with Crippen molar-refractivity contribution in [2.24, 2.45) is 7.05 Å². The second-order valence-corrected chi connectivity index (χ2v) is 11.0. The van der Waals surface area contributed by atoms with Crippen molar-refractivity contribution in [3.8, 4) is 0 Å². The van der Waals surface area contributed by atoms with E-state index < -0.39 is 55.7 Å². The number of fused-ring (bicyclic) bond motifs is 1. The van der Waals surface area contributed by atoms with Crippen LogP contribution in [0.1, 0.15) is 20.8 Å². The molecule has 0 radical (unpaired) electrons. The van der Waals surface area contributed by atoms with Gasteiger partial charge in [-0.25, -0.2) is 13.2 Å². The van der Waals surface area contributed by atoms with Gasteiger partial charge in [-0.15, -0.1) is 0 Å². The minimum atomic E-state index is -3.85. The lowest BCUT2D eigenvalue weighted by atomic mass is 10.1. The third-order valence-corrected chi connectivity index (χ3v) is 7.54. The molecule has 0 aromatic carbocycles. The number of sulfone groups is 1. The number of nitrogens with one attached hydrogen (secondary N) is 1. The van der Waals surface area contributed by atoms with E-state index in [9.17, 15) is 27.6 Å². The van der Waals surface area contributed by atoms with Gasteiger partial charge in [0.05, 0.1) is 5.75 Å². The summed E-state index contributed by atoms with van der Waals surface area (Å²) in [6, 6.07) is 0. The predicted octanol–water partition coefficient (Wildman–Crippen LogP) is -1.23. The summed E-state index contributed by atoms with van der Waals surface area (Å²) < 4.78 is 37.2. The molecule has 3 rings (SSSR count). The molecule has 1 fully saturated rings. The molecule has 0 aliphatic carbocycles. The number of rotatable bonds is 5. The second-order valence-electron chi connectivity index (χ2n) is 8.00. The number of esters is 1. The van der Waals surface area contributed by atoms with Crippen molar-refractivity contribution in [1.29, 1.82) is 0 Å². The molecular formula is C17H22N4O8S2. The summed E-state index contributed by atoms with van der Waals surface area (Å²) in [6.45, 7) is 4.94. The Kier molecular flexibility index (Phi) is 5.92. The molecule has 1 N–H and O–H groups in total. The average Bonchev–Trinajstić information content (AvgIpc) is 2.62. The van der Waals surface area contributed by atoms with Gasteiger partial charge in [0.2, 0.25) is 0 Å². The Morgan fingerprint density at radius 3 is 2.52 bits per heavy atom. The molecule has 3 heterocycles. The first-order chi connectivity index (χ1) is 14.3. The minimum absolute atomic E-state index is 0.0890. The van der Waals surface area contributed by atoms with Crippen molar-refractivity contribution in [2.75, 3.05) is 18.6 Å². The number of hydrogen-bond donors (Lipinski definition) is 1. The first-order valence-corrected chi connectivity index (χ1v) is 11.8. The summed E-state index contributed by atoms with van der Waals surface area (Å²) in [6.07, 6.45) is -1.20. The number of carbonyl (C=O) groups is 2. The number of thioether (sulfide) groups is 1. The SMILES string of the molecule is CO[C@H]1C(=O)N2C(C(=O)OC(C)(C)C)=C(CSc3nc(=O)c(=O)[nH]n3C)CS(=O)(=O)[C@H]12. The maximum absolute atomic E-state index is 12.9. The third kappa shape index (κ3) is 4.32. The molecule has 0 spiro atoms. The Bertz CT molecular complexity index is 1190. The van der Waals surface area contributed by atoms with Crippen molar-refractivity contribution in [3.63, 3.8) is 0 Å². The highest BCUT2D eigenvalue weighted by molar-refractivity contribution is 7.99. The predicted molar refractivity (Wildman–Crippen MR) is 109 cm³/mol. The quantitative estimate of drug-likeness (QED) is 0.237. The molecule has 170 valence electrons. The van der Waals surface area contributed by atoms with Crippen LogP contribution in [0.5, 0.6) is 0 Å². The van der Waals surface area contributed by atoms with Crippen LogP contribution in [0.4, 0.5) is 0 Å². The van der Waals surface area contributed by atoms with Crippen molar-refractivity contribution < 1.29 is 27.5 Å². The van der Waals surface area contributed by atoms with Gasteiger partial charge in [-0.3, -0.25) is 29.1 Å². The fourth-order valence-electron chi connectivity index (χ4n) is 3.23. The lowest BCUT2D eigenvalue weighted by Gasteiger charge is -2.48. The molecule has 1 aromatic heterocycles. The lowest BCUT2D eigenvalue weighted by molar-refractivity contribution is -0.167. The number of aromatic amines is 1. The number of H-pyrrole nitrogens is 1. The number of methoxy groups -OCH3 is 1. The summed E-state index contributed by atoms with van der Waals surface area (Å²) in [5.74, 6) is -2.09. The summed E-state index contributed by atoms with van der Waals surface area (Å²) in [5, 5.41) is 1.08. The fraction of sp³-hybridized carbons (Fsp3) is 0.588. The Morgan fingerprint density at radius 1 is 1.29 bits per heavy atom. The fourth-order valence-corrected chi connectivity index (χ4v) is 6.32. The molecule has 31 heavy (non-hydrogen) atoms. The molecule has 0 bridgehead atoms. The number of aryl methyl sites for hydroxylation is 1. The Labute approximate surface area is 181 Å². The van der Waals surface area contributed by atoms with Gasteiger partial charge in [0, 0.05) is 19.9 Å². The van der Waals surface area contributed by atoms with Crippen LogP contribution >= 0.6 is 11.8 Å². The van der Waals surface area contributed by atoms with Gasteiger partial charge in [-0.2, -0.15) is 4.98 Å². The van der Waals surface area contributed by atoms with Crippen molar-refractivity contribution >= 4 is 33.5 Å². The highest BCUT2D eigenvalue weighted by Gasteiger charge is 2.60. The van der Waals surface area contributed by atoms with Crippen molar-refractivity contribution in [2.45, 2.75) is 43.0 Å². The molecule has 14 heteroatoms. The van der Waals surface area contributed by atoms with Gasteiger partial charge in [0.1, 0.15) is 11.3 Å². The van der Waals surface area contributed by atoms with Crippen LogP contribution in [0, 0.1) is 0 Å². The van der Waals surface area contributed by atoms with E-state index in [0.717, 1.165) is 16.7 Å². The molecule has 2 aliphatic rings. The van der Waals surface area contributed by atoms with E-state index >= 15 is 0 Å². The number of nitrogens with zero attached hydrogens (tertiary/aromatic N) is 3. The zero-order chi connectivity index (χ0) is 23.3. The van der Waals surface area contributed by atoms with Gasteiger partial charge >= 0.3 is 17.1 Å². The van der Waals surface area contributed by atoms with E-state index in [4.69, 9.17) is 9.47 Å². The van der Waals surface area contributed by atoms with Gasteiger partial charge in [-0.05, 0) is 26.3 Å². The van der Waals surface area contributed by atoms with E-state index in [0.29, 0.717) is 0 Å². The van der Waals surface area contributed by atoms with Crippen LogP contribution in [-0.2, 0) is 35.9 Å². The first kappa shape index (κ1) is 23.2. The van der Waals surface area contributed by atoms with Crippen LogP contribution < -0.4 is 11.1 Å². The smallest absolute Gasteiger partial charge is 0.355 e. The monoisotopic (exact) mass is 474 g/mol. The molecule has 12 nitrogen and oxygen atoms in total. The number of aromatic nitrogens is 3. The van der Waals surface area contributed by atoms with Gasteiger partial charge < -0.3 is 9.47 Å². The molecule has 2 atom stereocenters. The van der Waals surface area contributed by atoms with Crippen LogP contribution in [0.15, 0.2) is 26.0 Å². The average molecular weight is 475 g/mol. The summed E-state index contributed by atoms with van der Waals surface area (Å²) in [7, 11) is -1.18. The topological polar surface area (TPSA) is 158 Å². The van der Waals surface area contributed by atoms with Crippen LogP contribution in [0.3, 0.4) is 0 Å². The number of hydrogen-bond acceptors (Lipinski definition) is 10. The number of ether oxygens (including phenoxy) is 2. The Morgan fingerprint density at radius 2 is 1.94 bits per heavy atom. The molecular weight excluding hydrogens is 452 g/mol. The maximum atomic E-state index is 12.9. The molecule has 1 aromatic rings. The minimum Gasteiger partial charge on any atom is -0.455 e. The highest BCUT2D eigenvalue weighted by atomic mass is 32.2. The normalized spacial score (nSPS) is 22.7. The summed E-state index contributed by atoms with van der Waals surface area (Å²) in [5.41, 5.74) is -2.82. The molecule has 1 saturated heterocycles. The van der Waals surface area contributed by atoms with E-state index in [-0.39, 0.29) is 22.2 Å². The molecule has 0 unspecified atom stereocenters. The van der Waals surface area contributed by atoms with E-state index in [1.807, 2.05) is 0 Å². The molecule has 1 amide bonds. The van der Waals surface area contributed by atoms with Crippen LogP contribution in [-0.4, -0.2) is 75.7 Å². The maximum Gasteiger partial charge on any atom is 0.355 e. The van der Waals surface area contributed by atoms with Gasteiger partial charge in [0.25, 0.3) is 5.91 Å². The summed E-state index contributed by atoms with van der Waals surface area (Å²) in [4.78, 5) is 52.9. The van der Waals surface area contributed by atoms with E-state index in [1.54, 1.807) is 20.8 Å². The number of carbonyl (C=O) groups excluding carboxylic acids is 2. The zero-order valence-electron chi connectivity index (χ0n) is 17.5. The van der Waals surface area contributed by atoms with E-state index in [1.165, 1.54) is 18.8 Å². The van der Waals surface area contributed by atoms with Gasteiger partial charge in [-0.1, -0.05) is 11.8 Å². The Balaban J connectivity index is 2.04. The third-order valence-electron chi connectivity index (χ3n) is 4.48. The van der Waals surface area contributed by atoms with E-state index in [2.05, 4.69) is 10.1 Å². The lowest BCUT2D eigenvalue weighted by Crippen LogP contribution is -2.70. The standard InChI is InChI=1S/C17H22N4O8S2/c1-17(2,3)29-15(25)9-8(6-30-16-18-11(22)12(23)19-20(16)4)7-31(26,27)14-10(28-5)13(24)21(9)14/h10,14H,6-7H2,1-5H3,(H,19,23)/t10-,14+/m0/s1. The van der Waals surface area contributed by atoms with Crippen LogP contribution in [0.2, 0.25) is 0 Å². The number of amides is 1. The number of β-lactam (4-membered cyclic amide) rings is 1. The molecule has 0 saturated carbocycles. The summed E-state index contributed by atoms with van der Waals surface area (Å²) >= 11 is 0.934. The van der Waals surface area contributed by atoms with Crippen molar-refractivity contribution in [1.82, 2.24) is 19.7 Å². The largest absolute Gasteiger partial charge is 0.455 e. The second kappa shape index (κ2) is 7.91. The van der Waals surface area contributed by atoms with Gasteiger partial charge in [0.15, 0.2) is 26.5 Å². The molecule has 2 aliphatic heterocycles. The zero-order valence-corrected chi connectivity index (χ0v) is 19.1. The first-order valence-electron chi connectivity index (χ1n) is 9.10. The highest BCUT2D eigenvalue weighted by Crippen LogP contribution is 2.39. The van der Waals surface area contributed by atoms with Crippen LogP contribution in [0.25, 0.3) is 0 Å². The van der Waals surface area contributed by atoms with Crippen molar-refractivity contribution in [3.05, 3.63) is 32.0 Å².